The van der Waals surface area contributed by atoms with E-state index in [0.717, 1.165) is 11.3 Å². The van der Waals surface area contributed by atoms with Crippen LogP contribution in [0.25, 0.3) is 27.8 Å². The van der Waals surface area contributed by atoms with Crippen LogP contribution in [0, 0.1) is 5.82 Å². The third kappa shape index (κ3) is 3.42. The molecule has 0 fully saturated rings. The van der Waals surface area contributed by atoms with Gasteiger partial charge in [0.05, 0.1) is 30.1 Å². The summed E-state index contributed by atoms with van der Waals surface area (Å²) in [7, 11) is 4.92. The standard InChI is InChI=1S/C22H19FN4O2/c1-26(2)22(28)17-11-19(25-18-9-8-15(23)10-16(17)18)14-12-24-27(13-14)20-6-4-5-7-21(20)29-3/h4-13H,1-3H3. The lowest BCUT2D eigenvalue weighted by Crippen LogP contribution is -2.22. The Kier molecular flexibility index (Phi) is 4.72. The summed E-state index contributed by atoms with van der Waals surface area (Å²) in [5.74, 6) is 0.0535. The van der Waals surface area contributed by atoms with Gasteiger partial charge in [-0.1, -0.05) is 12.1 Å². The number of aromatic nitrogens is 3. The van der Waals surface area contributed by atoms with Crippen LogP contribution in [0.3, 0.4) is 0 Å². The third-order valence-corrected chi connectivity index (χ3v) is 4.62. The van der Waals surface area contributed by atoms with Crippen molar-refractivity contribution in [2.75, 3.05) is 21.2 Å². The van der Waals surface area contributed by atoms with Crippen LogP contribution >= 0.6 is 0 Å². The summed E-state index contributed by atoms with van der Waals surface area (Å²) < 4.78 is 20.9. The topological polar surface area (TPSA) is 60.2 Å². The SMILES string of the molecule is COc1ccccc1-n1cc(-c2cc(C(=O)N(C)C)c3cc(F)ccc3n2)cn1. The third-order valence-electron chi connectivity index (χ3n) is 4.62. The molecule has 4 rings (SSSR count). The number of rotatable bonds is 4. The van der Waals surface area contributed by atoms with Crippen LogP contribution in [-0.4, -0.2) is 46.8 Å². The van der Waals surface area contributed by atoms with E-state index in [-0.39, 0.29) is 5.91 Å². The Labute approximate surface area is 167 Å². The number of hydrogen-bond acceptors (Lipinski definition) is 4. The predicted octanol–water partition coefficient (Wildman–Crippen LogP) is 3.94. The summed E-state index contributed by atoms with van der Waals surface area (Å²) in [6.07, 6.45) is 3.49. The number of methoxy groups -OCH3 is 1. The largest absolute Gasteiger partial charge is 0.494 e. The van der Waals surface area contributed by atoms with Gasteiger partial charge < -0.3 is 9.64 Å². The Balaban J connectivity index is 1.86. The van der Waals surface area contributed by atoms with Crippen LogP contribution < -0.4 is 4.74 Å². The molecule has 0 unspecified atom stereocenters. The minimum Gasteiger partial charge on any atom is -0.494 e. The molecular formula is C22H19FN4O2. The number of hydrogen-bond donors (Lipinski definition) is 0. The normalized spacial score (nSPS) is 10.9. The molecule has 0 aliphatic rings. The number of ether oxygens (including phenoxy) is 1. The second-order valence-electron chi connectivity index (χ2n) is 6.76. The summed E-state index contributed by atoms with van der Waals surface area (Å²) in [6.45, 7) is 0. The number of carbonyl (C=O) groups is 1. The molecule has 0 spiro atoms. The van der Waals surface area contributed by atoms with Gasteiger partial charge in [-0.15, -0.1) is 0 Å². The number of amides is 1. The molecule has 0 aliphatic carbocycles. The Morgan fingerprint density at radius 3 is 2.69 bits per heavy atom. The van der Waals surface area contributed by atoms with Crippen LogP contribution in [0.4, 0.5) is 4.39 Å². The van der Waals surface area contributed by atoms with E-state index in [4.69, 9.17) is 4.74 Å². The van der Waals surface area contributed by atoms with Gasteiger partial charge in [0.1, 0.15) is 17.3 Å². The summed E-state index contributed by atoms with van der Waals surface area (Å²) in [6, 6.07) is 13.5. The molecule has 146 valence electrons. The lowest BCUT2D eigenvalue weighted by Gasteiger charge is -2.13. The van der Waals surface area contributed by atoms with E-state index in [9.17, 15) is 9.18 Å². The Morgan fingerprint density at radius 2 is 1.93 bits per heavy atom. The van der Waals surface area contributed by atoms with Gasteiger partial charge in [-0.3, -0.25) is 4.79 Å². The van der Waals surface area contributed by atoms with Crippen LogP contribution in [0.15, 0.2) is 60.9 Å². The Hall–Kier alpha value is -3.74. The summed E-state index contributed by atoms with van der Waals surface area (Å²) in [5, 5.41) is 4.89. The lowest BCUT2D eigenvalue weighted by molar-refractivity contribution is 0.0829. The minimum absolute atomic E-state index is 0.221. The average Bonchev–Trinajstić information content (AvgIpc) is 3.22. The fraction of sp³-hybridized carbons (Fsp3) is 0.136. The highest BCUT2D eigenvalue weighted by molar-refractivity contribution is 6.07. The summed E-state index contributed by atoms with van der Waals surface area (Å²) in [4.78, 5) is 18.8. The van der Waals surface area contributed by atoms with Crippen molar-refractivity contribution in [1.82, 2.24) is 19.7 Å². The molecule has 0 bridgehead atoms. The molecule has 0 saturated carbocycles. The minimum atomic E-state index is -0.413. The molecule has 2 aromatic heterocycles. The maximum absolute atomic E-state index is 13.8. The van der Waals surface area contributed by atoms with E-state index in [1.54, 1.807) is 44.2 Å². The second-order valence-corrected chi connectivity index (χ2v) is 6.76. The first kappa shape index (κ1) is 18.6. The van der Waals surface area contributed by atoms with Crippen molar-refractivity contribution >= 4 is 16.8 Å². The zero-order valence-electron chi connectivity index (χ0n) is 16.3. The number of fused-ring (bicyclic) bond motifs is 1. The number of para-hydroxylation sites is 2. The van der Waals surface area contributed by atoms with Gasteiger partial charge in [0.2, 0.25) is 0 Å². The molecule has 0 atom stereocenters. The molecule has 7 heteroatoms. The first-order chi connectivity index (χ1) is 14.0. The van der Waals surface area contributed by atoms with Crippen molar-refractivity contribution in [1.29, 1.82) is 0 Å². The molecular weight excluding hydrogens is 371 g/mol. The highest BCUT2D eigenvalue weighted by Crippen LogP contribution is 2.28. The number of carbonyl (C=O) groups excluding carboxylic acids is 1. The van der Waals surface area contributed by atoms with Gasteiger partial charge in [0, 0.05) is 31.2 Å². The van der Waals surface area contributed by atoms with Gasteiger partial charge in [-0.25, -0.2) is 14.1 Å². The molecule has 6 nitrogen and oxygen atoms in total. The van der Waals surface area contributed by atoms with E-state index < -0.39 is 5.82 Å². The number of benzene rings is 2. The van der Waals surface area contributed by atoms with E-state index in [0.29, 0.717) is 27.9 Å². The zero-order valence-corrected chi connectivity index (χ0v) is 16.3. The Bertz CT molecular complexity index is 1220. The predicted molar refractivity (Wildman–Crippen MR) is 109 cm³/mol. The molecule has 0 N–H and O–H groups in total. The molecule has 0 aliphatic heterocycles. The average molecular weight is 390 g/mol. The van der Waals surface area contributed by atoms with E-state index in [1.807, 2.05) is 30.5 Å². The van der Waals surface area contributed by atoms with E-state index in [1.165, 1.54) is 17.0 Å². The highest BCUT2D eigenvalue weighted by atomic mass is 19.1. The maximum Gasteiger partial charge on any atom is 0.254 e. The summed E-state index contributed by atoms with van der Waals surface area (Å²) in [5.41, 5.74) is 3.03. The second kappa shape index (κ2) is 7.35. The molecule has 2 aromatic carbocycles. The lowest BCUT2D eigenvalue weighted by atomic mass is 10.0. The molecule has 2 heterocycles. The van der Waals surface area contributed by atoms with Crippen molar-refractivity contribution < 1.29 is 13.9 Å². The quantitative estimate of drug-likeness (QED) is 0.530. The molecule has 29 heavy (non-hydrogen) atoms. The Morgan fingerprint density at radius 1 is 1.14 bits per heavy atom. The van der Waals surface area contributed by atoms with Crippen molar-refractivity contribution in [3.63, 3.8) is 0 Å². The van der Waals surface area contributed by atoms with Crippen LogP contribution in [0.2, 0.25) is 0 Å². The molecule has 0 radical (unpaired) electrons. The van der Waals surface area contributed by atoms with E-state index >= 15 is 0 Å². The summed E-state index contributed by atoms with van der Waals surface area (Å²) >= 11 is 0. The maximum atomic E-state index is 13.8. The van der Waals surface area contributed by atoms with E-state index in [2.05, 4.69) is 10.1 Å². The van der Waals surface area contributed by atoms with Crippen LogP contribution in [-0.2, 0) is 0 Å². The van der Waals surface area contributed by atoms with Crippen molar-refractivity contribution in [3.8, 4) is 22.7 Å². The number of pyridine rings is 1. The number of nitrogens with zero attached hydrogens (tertiary/aromatic N) is 4. The monoisotopic (exact) mass is 390 g/mol. The fourth-order valence-corrected chi connectivity index (χ4v) is 3.17. The van der Waals surface area contributed by atoms with Gasteiger partial charge in [0.25, 0.3) is 5.91 Å². The zero-order chi connectivity index (χ0) is 20.5. The molecule has 1 amide bonds. The smallest absolute Gasteiger partial charge is 0.254 e. The number of halogens is 1. The van der Waals surface area contributed by atoms with Crippen LogP contribution in [0.1, 0.15) is 10.4 Å². The fourth-order valence-electron chi connectivity index (χ4n) is 3.17. The van der Waals surface area contributed by atoms with Crippen molar-refractivity contribution in [2.24, 2.45) is 0 Å². The van der Waals surface area contributed by atoms with Gasteiger partial charge in [0.15, 0.2) is 0 Å². The molecule has 4 aromatic rings. The first-order valence-corrected chi connectivity index (χ1v) is 8.98. The van der Waals surface area contributed by atoms with Gasteiger partial charge in [-0.2, -0.15) is 5.10 Å². The first-order valence-electron chi connectivity index (χ1n) is 8.98. The van der Waals surface area contributed by atoms with Crippen LogP contribution in [0.5, 0.6) is 5.75 Å². The van der Waals surface area contributed by atoms with Crippen molar-refractivity contribution in [2.45, 2.75) is 0 Å². The van der Waals surface area contributed by atoms with Crippen molar-refractivity contribution in [3.05, 3.63) is 72.3 Å². The van der Waals surface area contributed by atoms with Gasteiger partial charge >= 0.3 is 0 Å². The highest BCUT2D eigenvalue weighted by Gasteiger charge is 2.17. The molecule has 0 saturated heterocycles. The van der Waals surface area contributed by atoms with Gasteiger partial charge in [-0.05, 0) is 36.4 Å².